The van der Waals surface area contributed by atoms with Crippen LogP contribution in [0.5, 0.6) is 11.8 Å². The van der Waals surface area contributed by atoms with Crippen LogP contribution < -0.4 is 9.47 Å². The quantitative estimate of drug-likeness (QED) is 0.703. The molecule has 0 saturated carbocycles. The molecule has 1 aromatic heterocycles. The lowest BCUT2D eigenvalue weighted by Crippen LogP contribution is -2.59. The first-order chi connectivity index (χ1) is 15.5. The van der Waals surface area contributed by atoms with Gasteiger partial charge in [-0.2, -0.15) is 4.98 Å². The zero-order chi connectivity index (χ0) is 22.7. The molecule has 1 atom stereocenters. The Bertz CT molecular complexity index is 984. The number of methoxy groups -OCH3 is 2. The maximum absolute atomic E-state index is 13.3. The molecule has 0 N–H and O–H groups in total. The molecule has 4 rings (SSSR count). The molecule has 1 unspecified atom stereocenters. The van der Waals surface area contributed by atoms with Crippen LogP contribution >= 0.6 is 0 Å². The van der Waals surface area contributed by atoms with Gasteiger partial charge in [-0.3, -0.25) is 14.5 Å². The van der Waals surface area contributed by atoms with Crippen LogP contribution in [-0.4, -0.2) is 84.5 Å². The van der Waals surface area contributed by atoms with Crippen LogP contribution in [0.15, 0.2) is 36.4 Å². The number of fused-ring (bicyclic) bond motifs is 1. The minimum Gasteiger partial charge on any atom is -0.481 e. The number of carbonyl (C=O) groups is 2. The van der Waals surface area contributed by atoms with E-state index >= 15 is 0 Å². The Kier molecular flexibility index (Phi) is 6.55. The largest absolute Gasteiger partial charge is 0.481 e. The van der Waals surface area contributed by atoms with Gasteiger partial charge < -0.3 is 19.3 Å². The lowest BCUT2D eigenvalue weighted by molar-refractivity contribution is -0.142. The summed E-state index contributed by atoms with van der Waals surface area (Å²) in [6.07, 6.45) is 0.777. The van der Waals surface area contributed by atoms with Crippen molar-refractivity contribution in [3.05, 3.63) is 53.3 Å². The van der Waals surface area contributed by atoms with E-state index in [-0.39, 0.29) is 23.5 Å². The number of aromatic nitrogens is 1. The molecule has 9 heteroatoms. The highest BCUT2D eigenvalue weighted by Crippen LogP contribution is 2.24. The molecule has 2 amide bonds. The smallest absolute Gasteiger partial charge is 0.259 e. The average Bonchev–Trinajstić information content (AvgIpc) is 3.04. The van der Waals surface area contributed by atoms with E-state index in [4.69, 9.17) is 9.47 Å². The first kappa shape index (κ1) is 22.0. The summed E-state index contributed by atoms with van der Waals surface area (Å²) in [4.78, 5) is 36.5. The average molecular weight is 442 g/mol. The summed E-state index contributed by atoms with van der Waals surface area (Å²) < 4.78 is 23.6. The van der Waals surface area contributed by atoms with Crippen LogP contribution in [0, 0.1) is 5.82 Å². The minimum atomic E-state index is -0.409. The molecule has 2 aromatic rings. The standard InChI is InChI=1S/C23H27FN4O4/c1-31-20-9-8-18(21(25-20)32-2)22(29)27-11-3-10-26-12-13-28(23(30)19(26)15-27)14-16-4-6-17(24)7-5-16/h4-9,19H,3,10-15H2,1-2H3. The van der Waals surface area contributed by atoms with Crippen LogP contribution in [0.2, 0.25) is 0 Å². The first-order valence-electron chi connectivity index (χ1n) is 10.7. The molecule has 8 nitrogen and oxygen atoms in total. The van der Waals surface area contributed by atoms with E-state index in [2.05, 4.69) is 9.88 Å². The molecule has 0 spiro atoms. The fourth-order valence-electron chi connectivity index (χ4n) is 4.29. The lowest BCUT2D eigenvalue weighted by Gasteiger charge is -2.40. The third kappa shape index (κ3) is 4.52. The van der Waals surface area contributed by atoms with Crippen molar-refractivity contribution in [2.45, 2.75) is 19.0 Å². The van der Waals surface area contributed by atoms with Gasteiger partial charge in [-0.15, -0.1) is 0 Å². The van der Waals surface area contributed by atoms with Crippen molar-refractivity contribution < 1.29 is 23.5 Å². The molecule has 170 valence electrons. The number of halogens is 1. The van der Waals surface area contributed by atoms with Crippen LogP contribution in [0.4, 0.5) is 4.39 Å². The van der Waals surface area contributed by atoms with Gasteiger partial charge in [0.15, 0.2) is 0 Å². The predicted molar refractivity (Wildman–Crippen MR) is 115 cm³/mol. The Balaban J connectivity index is 1.51. The van der Waals surface area contributed by atoms with Gasteiger partial charge in [-0.05, 0) is 30.2 Å². The summed E-state index contributed by atoms with van der Waals surface area (Å²) >= 11 is 0. The number of nitrogens with zero attached hydrogens (tertiary/aromatic N) is 4. The third-order valence-corrected chi connectivity index (χ3v) is 6.00. The van der Waals surface area contributed by atoms with Crippen LogP contribution in [0.25, 0.3) is 0 Å². The molecule has 2 fully saturated rings. The monoisotopic (exact) mass is 442 g/mol. The Labute approximate surface area is 186 Å². The number of hydrogen-bond donors (Lipinski definition) is 0. The number of hydrogen-bond acceptors (Lipinski definition) is 6. The lowest BCUT2D eigenvalue weighted by atomic mass is 10.1. The van der Waals surface area contributed by atoms with Crippen LogP contribution in [-0.2, 0) is 11.3 Å². The topological polar surface area (TPSA) is 75.2 Å². The number of pyridine rings is 1. The van der Waals surface area contributed by atoms with E-state index in [1.165, 1.54) is 26.4 Å². The molecule has 3 heterocycles. The van der Waals surface area contributed by atoms with Crippen molar-refractivity contribution in [3.8, 4) is 11.8 Å². The van der Waals surface area contributed by atoms with E-state index in [1.54, 1.807) is 34.1 Å². The second-order valence-corrected chi connectivity index (χ2v) is 7.95. The summed E-state index contributed by atoms with van der Waals surface area (Å²) in [6, 6.07) is 9.04. The summed E-state index contributed by atoms with van der Waals surface area (Å²) in [6.45, 7) is 3.37. The normalized spacial score (nSPS) is 19.3. The van der Waals surface area contributed by atoms with Gasteiger partial charge in [0.1, 0.15) is 17.4 Å². The maximum atomic E-state index is 13.3. The Hall–Kier alpha value is -3.20. The third-order valence-electron chi connectivity index (χ3n) is 6.00. The van der Waals surface area contributed by atoms with Crippen molar-refractivity contribution >= 4 is 11.8 Å². The minimum absolute atomic E-state index is 0.0138. The molecular weight excluding hydrogens is 415 g/mol. The zero-order valence-corrected chi connectivity index (χ0v) is 18.3. The summed E-state index contributed by atoms with van der Waals surface area (Å²) in [5, 5.41) is 0. The van der Waals surface area contributed by atoms with Gasteiger partial charge in [0, 0.05) is 45.3 Å². The van der Waals surface area contributed by atoms with E-state index in [9.17, 15) is 14.0 Å². The molecule has 1 aromatic carbocycles. The van der Waals surface area contributed by atoms with Gasteiger partial charge in [0.05, 0.1) is 14.2 Å². The molecule has 0 bridgehead atoms. The Morgan fingerprint density at radius 2 is 1.84 bits per heavy atom. The van der Waals surface area contributed by atoms with Crippen molar-refractivity contribution in [1.82, 2.24) is 19.7 Å². The maximum Gasteiger partial charge on any atom is 0.259 e. The van der Waals surface area contributed by atoms with Gasteiger partial charge in [-0.25, -0.2) is 4.39 Å². The second kappa shape index (κ2) is 9.52. The Morgan fingerprint density at radius 1 is 1.06 bits per heavy atom. The van der Waals surface area contributed by atoms with Crippen molar-refractivity contribution in [2.75, 3.05) is 46.9 Å². The van der Waals surface area contributed by atoms with Crippen molar-refractivity contribution in [3.63, 3.8) is 0 Å². The summed E-state index contributed by atoms with van der Waals surface area (Å²) in [5.74, 6) is 0.0244. The molecule has 2 aliphatic heterocycles. The number of rotatable bonds is 5. The van der Waals surface area contributed by atoms with Crippen molar-refractivity contribution in [2.24, 2.45) is 0 Å². The molecule has 2 saturated heterocycles. The number of carbonyl (C=O) groups excluding carboxylic acids is 2. The SMILES string of the molecule is COc1ccc(C(=O)N2CCCN3CCN(Cc4ccc(F)cc4)C(=O)C3C2)c(OC)n1. The van der Waals surface area contributed by atoms with Crippen molar-refractivity contribution in [1.29, 1.82) is 0 Å². The number of amides is 2. The zero-order valence-electron chi connectivity index (χ0n) is 18.3. The second-order valence-electron chi connectivity index (χ2n) is 7.95. The Morgan fingerprint density at radius 3 is 2.56 bits per heavy atom. The number of benzene rings is 1. The van der Waals surface area contributed by atoms with Gasteiger partial charge in [-0.1, -0.05) is 12.1 Å². The molecule has 2 aliphatic rings. The van der Waals surface area contributed by atoms with E-state index in [1.807, 2.05) is 0 Å². The highest BCUT2D eigenvalue weighted by molar-refractivity contribution is 5.97. The highest BCUT2D eigenvalue weighted by Gasteiger charge is 2.38. The fourth-order valence-corrected chi connectivity index (χ4v) is 4.29. The first-order valence-corrected chi connectivity index (χ1v) is 10.7. The molecular formula is C23H27FN4O4. The number of ether oxygens (including phenoxy) is 2. The highest BCUT2D eigenvalue weighted by atomic mass is 19.1. The fraction of sp³-hybridized carbons (Fsp3) is 0.435. The van der Waals surface area contributed by atoms with Gasteiger partial charge >= 0.3 is 0 Å². The molecule has 32 heavy (non-hydrogen) atoms. The van der Waals surface area contributed by atoms with E-state index < -0.39 is 6.04 Å². The van der Waals surface area contributed by atoms with Gasteiger partial charge in [0.25, 0.3) is 5.91 Å². The molecule has 0 radical (unpaired) electrons. The van der Waals surface area contributed by atoms with E-state index in [0.29, 0.717) is 37.6 Å². The van der Waals surface area contributed by atoms with Gasteiger partial charge in [0.2, 0.25) is 17.7 Å². The number of piperazine rings is 1. The molecule has 0 aliphatic carbocycles. The summed E-state index contributed by atoms with van der Waals surface area (Å²) in [7, 11) is 2.96. The summed E-state index contributed by atoms with van der Waals surface area (Å²) in [5.41, 5.74) is 1.22. The van der Waals surface area contributed by atoms with Crippen LogP contribution in [0.3, 0.4) is 0 Å². The van der Waals surface area contributed by atoms with E-state index in [0.717, 1.165) is 25.1 Å². The predicted octanol–water partition coefficient (Wildman–Crippen LogP) is 1.80. The van der Waals surface area contributed by atoms with Crippen LogP contribution in [0.1, 0.15) is 22.3 Å².